The summed E-state index contributed by atoms with van der Waals surface area (Å²) >= 11 is 0. The smallest absolute Gasteiger partial charge is 0.410 e. The summed E-state index contributed by atoms with van der Waals surface area (Å²) in [5.41, 5.74) is 2.86. The topological polar surface area (TPSA) is 63.0 Å². The van der Waals surface area contributed by atoms with Gasteiger partial charge in [0.25, 0.3) is 0 Å². The number of nitrogens with zero attached hydrogens (tertiary/aromatic N) is 5. The summed E-state index contributed by atoms with van der Waals surface area (Å²) in [6.45, 7) is 6.43. The Kier molecular flexibility index (Phi) is 4.66. The van der Waals surface area contributed by atoms with Gasteiger partial charge in [0.2, 0.25) is 0 Å². The van der Waals surface area contributed by atoms with Gasteiger partial charge in [0.1, 0.15) is 5.82 Å². The van der Waals surface area contributed by atoms with Crippen molar-refractivity contribution >= 4 is 17.6 Å². The van der Waals surface area contributed by atoms with Crippen molar-refractivity contribution in [2.75, 3.05) is 31.1 Å². The highest BCUT2D eigenvalue weighted by molar-refractivity contribution is 5.68. The van der Waals surface area contributed by atoms with E-state index in [0.717, 1.165) is 35.8 Å². The van der Waals surface area contributed by atoms with Crippen molar-refractivity contribution in [3.8, 4) is 11.3 Å². The van der Waals surface area contributed by atoms with E-state index < -0.39 is 0 Å². The third kappa shape index (κ3) is 3.58. The molecule has 1 saturated heterocycles. The summed E-state index contributed by atoms with van der Waals surface area (Å²) in [7, 11) is 0. The van der Waals surface area contributed by atoms with E-state index >= 15 is 0 Å². The fraction of sp³-hybridized carbons (Fsp3) is 0.350. The number of hydrogen-bond donors (Lipinski definition) is 0. The maximum Gasteiger partial charge on any atom is 0.410 e. The average molecular weight is 365 g/mol. The minimum absolute atomic E-state index is 0.0998. The van der Waals surface area contributed by atoms with Crippen LogP contribution in [0.2, 0.25) is 0 Å². The molecule has 3 heterocycles. The number of aromatic nitrogens is 3. The zero-order valence-corrected chi connectivity index (χ0v) is 15.6. The summed E-state index contributed by atoms with van der Waals surface area (Å²) in [6, 6.07) is 14.1. The highest BCUT2D eigenvalue weighted by Crippen LogP contribution is 2.22. The SMILES string of the molecule is CC(C)OC(=O)N1CCN(c2ccc3ncc(-c4ccccc4)n3n2)CC1. The summed E-state index contributed by atoms with van der Waals surface area (Å²) in [6.07, 6.45) is 1.51. The Balaban J connectivity index is 1.53. The third-order valence-corrected chi connectivity index (χ3v) is 4.62. The summed E-state index contributed by atoms with van der Waals surface area (Å²) in [4.78, 5) is 20.4. The van der Waals surface area contributed by atoms with Crippen LogP contribution >= 0.6 is 0 Å². The Bertz CT molecular complexity index is 930. The molecule has 7 nitrogen and oxygen atoms in total. The van der Waals surface area contributed by atoms with E-state index in [-0.39, 0.29) is 12.2 Å². The zero-order chi connectivity index (χ0) is 18.8. The predicted molar refractivity (Wildman–Crippen MR) is 104 cm³/mol. The quantitative estimate of drug-likeness (QED) is 0.714. The second-order valence-electron chi connectivity index (χ2n) is 6.88. The van der Waals surface area contributed by atoms with Gasteiger partial charge < -0.3 is 14.5 Å². The van der Waals surface area contributed by atoms with Crippen LogP contribution in [0.4, 0.5) is 10.6 Å². The molecule has 1 fully saturated rings. The molecule has 0 saturated carbocycles. The van der Waals surface area contributed by atoms with E-state index in [0.29, 0.717) is 13.1 Å². The Morgan fingerprint density at radius 1 is 1.04 bits per heavy atom. The van der Waals surface area contributed by atoms with Gasteiger partial charge in [-0.2, -0.15) is 0 Å². The van der Waals surface area contributed by atoms with Crippen LogP contribution in [0, 0.1) is 0 Å². The first-order valence-electron chi connectivity index (χ1n) is 9.22. The molecule has 1 aliphatic rings. The fourth-order valence-corrected chi connectivity index (χ4v) is 3.23. The summed E-state index contributed by atoms with van der Waals surface area (Å²) in [5.74, 6) is 0.884. The Morgan fingerprint density at radius 3 is 2.48 bits per heavy atom. The maximum absolute atomic E-state index is 12.1. The van der Waals surface area contributed by atoms with Crippen LogP contribution < -0.4 is 4.90 Å². The summed E-state index contributed by atoms with van der Waals surface area (Å²) < 4.78 is 7.16. The van der Waals surface area contributed by atoms with Gasteiger partial charge in [0, 0.05) is 31.7 Å². The molecule has 7 heteroatoms. The van der Waals surface area contributed by atoms with Crippen molar-refractivity contribution < 1.29 is 9.53 Å². The van der Waals surface area contributed by atoms with Gasteiger partial charge in [0.15, 0.2) is 5.65 Å². The van der Waals surface area contributed by atoms with Crippen LogP contribution in [-0.2, 0) is 4.74 Å². The third-order valence-electron chi connectivity index (χ3n) is 4.62. The molecule has 4 rings (SSSR count). The fourth-order valence-electron chi connectivity index (χ4n) is 3.23. The molecule has 0 N–H and O–H groups in total. The number of ether oxygens (including phenoxy) is 1. The molecular formula is C20H23N5O2. The molecule has 2 aromatic heterocycles. The van der Waals surface area contributed by atoms with Crippen LogP contribution in [-0.4, -0.2) is 57.9 Å². The first-order chi connectivity index (χ1) is 13.1. The molecule has 0 spiro atoms. The van der Waals surface area contributed by atoms with Crippen LogP contribution in [0.15, 0.2) is 48.7 Å². The molecule has 0 aliphatic carbocycles. The van der Waals surface area contributed by atoms with Gasteiger partial charge in [-0.05, 0) is 26.0 Å². The van der Waals surface area contributed by atoms with E-state index in [2.05, 4.69) is 22.0 Å². The van der Waals surface area contributed by atoms with Crippen molar-refractivity contribution in [3.05, 3.63) is 48.7 Å². The maximum atomic E-state index is 12.1. The number of benzene rings is 1. The van der Waals surface area contributed by atoms with Gasteiger partial charge in [-0.1, -0.05) is 30.3 Å². The molecule has 1 amide bonds. The van der Waals surface area contributed by atoms with Gasteiger partial charge in [-0.15, -0.1) is 5.10 Å². The normalized spacial score (nSPS) is 14.8. The van der Waals surface area contributed by atoms with Crippen molar-refractivity contribution in [2.24, 2.45) is 0 Å². The molecule has 1 aromatic carbocycles. The number of amides is 1. The number of carbonyl (C=O) groups excluding carboxylic acids is 1. The molecule has 27 heavy (non-hydrogen) atoms. The van der Waals surface area contributed by atoms with E-state index in [1.165, 1.54) is 0 Å². The lowest BCUT2D eigenvalue weighted by atomic mass is 10.2. The highest BCUT2D eigenvalue weighted by Gasteiger charge is 2.24. The zero-order valence-electron chi connectivity index (χ0n) is 15.6. The molecule has 0 atom stereocenters. The van der Waals surface area contributed by atoms with E-state index in [9.17, 15) is 4.79 Å². The number of rotatable bonds is 3. The lowest BCUT2D eigenvalue weighted by molar-refractivity contribution is 0.0751. The lowest BCUT2D eigenvalue weighted by Gasteiger charge is -2.35. The predicted octanol–water partition coefficient (Wildman–Crippen LogP) is 3.06. The van der Waals surface area contributed by atoms with E-state index in [1.807, 2.05) is 54.9 Å². The standard InChI is InChI=1S/C20H23N5O2/c1-15(2)27-20(26)24-12-10-23(11-13-24)19-9-8-18-21-14-17(25(18)22-19)16-6-4-3-5-7-16/h3-9,14-15H,10-13H2,1-2H3. The lowest BCUT2D eigenvalue weighted by Crippen LogP contribution is -2.49. The van der Waals surface area contributed by atoms with Gasteiger partial charge in [-0.3, -0.25) is 0 Å². The van der Waals surface area contributed by atoms with Crippen LogP contribution in [0.25, 0.3) is 16.9 Å². The second-order valence-corrected chi connectivity index (χ2v) is 6.88. The van der Waals surface area contributed by atoms with Crippen LogP contribution in [0.5, 0.6) is 0 Å². The van der Waals surface area contributed by atoms with Gasteiger partial charge >= 0.3 is 6.09 Å². The number of piperazine rings is 1. The summed E-state index contributed by atoms with van der Waals surface area (Å²) in [5, 5.41) is 4.80. The molecule has 3 aromatic rings. The van der Waals surface area contributed by atoms with Gasteiger partial charge in [-0.25, -0.2) is 14.3 Å². The van der Waals surface area contributed by atoms with Crippen molar-refractivity contribution in [1.29, 1.82) is 0 Å². The Labute approximate surface area is 158 Å². The van der Waals surface area contributed by atoms with Crippen molar-refractivity contribution in [2.45, 2.75) is 20.0 Å². The first-order valence-corrected chi connectivity index (χ1v) is 9.22. The molecule has 0 bridgehead atoms. The monoisotopic (exact) mass is 365 g/mol. The average Bonchev–Trinajstić information content (AvgIpc) is 3.11. The molecule has 1 aliphatic heterocycles. The molecule has 0 unspecified atom stereocenters. The second kappa shape index (κ2) is 7.26. The van der Waals surface area contributed by atoms with Crippen molar-refractivity contribution in [1.82, 2.24) is 19.5 Å². The number of hydrogen-bond acceptors (Lipinski definition) is 5. The minimum atomic E-state index is -0.242. The molecular weight excluding hydrogens is 342 g/mol. The van der Waals surface area contributed by atoms with E-state index in [1.54, 1.807) is 4.90 Å². The van der Waals surface area contributed by atoms with Crippen LogP contribution in [0.3, 0.4) is 0 Å². The number of imidazole rings is 1. The Hall–Kier alpha value is -3.09. The molecule has 0 radical (unpaired) electrons. The van der Waals surface area contributed by atoms with Gasteiger partial charge in [0.05, 0.1) is 18.0 Å². The highest BCUT2D eigenvalue weighted by atomic mass is 16.6. The number of fused-ring (bicyclic) bond motifs is 1. The van der Waals surface area contributed by atoms with Crippen molar-refractivity contribution in [3.63, 3.8) is 0 Å². The van der Waals surface area contributed by atoms with E-state index in [4.69, 9.17) is 9.84 Å². The minimum Gasteiger partial charge on any atom is -0.447 e. The molecule has 140 valence electrons. The van der Waals surface area contributed by atoms with Crippen LogP contribution in [0.1, 0.15) is 13.8 Å². The number of anilines is 1. The number of carbonyl (C=O) groups is 1. The largest absolute Gasteiger partial charge is 0.447 e. The first kappa shape index (κ1) is 17.3. The Morgan fingerprint density at radius 2 is 1.78 bits per heavy atom.